The fourth-order valence-corrected chi connectivity index (χ4v) is 3.01. The molecule has 0 saturated carbocycles. The smallest absolute Gasteiger partial charge is 0.251 e. The van der Waals surface area contributed by atoms with E-state index in [0.29, 0.717) is 5.82 Å². The summed E-state index contributed by atoms with van der Waals surface area (Å²) in [5, 5.41) is 5.06. The predicted molar refractivity (Wildman–Crippen MR) is 97.3 cm³/mol. The van der Waals surface area contributed by atoms with Gasteiger partial charge in [0.25, 0.3) is 5.91 Å². The van der Waals surface area contributed by atoms with Crippen LogP contribution in [0.1, 0.15) is 15.9 Å². The van der Waals surface area contributed by atoms with Gasteiger partial charge in [-0.05, 0) is 36.8 Å². The predicted octanol–water partition coefficient (Wildman–Crippen LogP) is 1.01. The van der Waals surface area contributed by atoms with Crippen LogP contribution in [0, 0.1) is 6.92 Å². The average Bonchev–Trinajstić information content (AvgIpc) is 2.61. The first kappa shape index (κ1) is 19.5. The molecular formula is C17H20N4O4S. The molecule has 1 aromatic heterocycles. The van der Waals surface area contributed by atoms with E-state index in [1.807, 2.05) is 0 Å². The second-order valence-electron chi connectivity index (χ2n) is 5.72. The summed E-state index contributed by atoms with van der Waals surface area (Å²) in [5.41, 5.74) is 0.948. The van der Waals surface area contributed by atoms with Crippen molar-refractivity contribution in [1.29, 1.82) is 0 Å². The minimum atomic E-state index is -3.64. The highest BCUT2D eigenvalue weighted by molar-refractivity contribution is 7.89. The Kier molecular flexibility index (Phi) is 6.06. The fraction of sp³-hybridized carbons (Fsp3) is 0.235. The van der Waals surface area contributed by atoms with Crippen molar-refractivity contribution >= 4 is 27.7 Å². The minimum Gasteiger partial charge on any atom is -0.343 e. The molecule has 8 nitrogen and oxygen atoms in total. The number of benzene rings is 1. The normalized spacial score (nSPS) is 11.2. The Balaban J connectivity index is 2.02. The van der Waals surface area contributed by atoms with Crippen LogP contribution in [0.15, 0.2) is 47.5 Å². The SMILES string of the molecule is Cc1cccnc1NC(=O)CNC(=O)c1cccc(S(=O)(=O)N(C)C)c1. The number of carbonyl (C=O) groups is 2. The monoisotopic (exact) mass is 376 g/mol. The number of sulfonamides is 1. The lowest BCUT2D eigenvalue weighted by Crippen LogP contribution is -2.33. The van der Waals surface area contributed by atoms with Gasteiger partial charge in [-0.1, -0.05) is 12.1 Å². The fourth-order valence-electron chi connectivity index (χ4n) is 2.06. The summed E-state index contributed by atoms with van der Waals surface area (Å²) >= 11 is 0. The molecule has 9 heteroatoms. The molecule has 2 N–H and O–H groups in total. The number of nitrogens with zero attached hydrogens (tertiary/aromatic N) is 2. The number of aromatic nitrogens is 1. The summed E-state index contributed by atoms with van der Waals surface area (Å²) in [6.07, 6.45) is 1.55. The maximum absolute atomic E-state index is 12.2. The van der Waals surface area contributed by atoms with Crippen LogP contribution in [0.5, 0.6) is 0 Å². The first-order valence-corrected chi connectivity index (χ1v) is 9.18. The average molecular weight is 376 g/mol. The highest BCUT2D eigenvalue weighted by Gasteiger charge is 2.19. The zero-order valence-electron chi connectivity index (χ0n) is 14.7. The third kappa shape index (κ3) is 4.64. The summed E-state index contributed by atoms with van der Waals surface area (Å²) in [7, 11) is -0.826. The number of carbonyl (C=O) groups excluding carboxylic acids is 2. The zero-order valence-corrected chi connectivity index (χ0v) is 15.5. The highest BCUT2D eigenvalue weighted by Crippen LogP contribution is 2.15. The Morgan fingerprint density at radius 1 is 1.15 bits per heavy atom. The van der Waals surface area contributed by atoms with Crippen LogP contribution in [-0.4, -0.2) is 50.2 Å². The molecule has 0 saturated heterocycles. The van der Waals surface area contributed by atoms with Gasteiger partial charge in [0.2, 0.25) is 15.9 Å². The lowest BCUT2D eigenvalue weighted by molar-refractivity contribution is -0.115. The Morgan fingerprint density at radius 3 is 2.54 bits per heavy atom. The van der Waals surface area contributed by atoms with Crippen molar-refractivity contribution in [3.05, 3.63) is 53.7 Å². The summed E-state index contributed by atoms with van der Waals surface area (Å²) < 4.78 is 25.3. The maximum atomic E-state index is 12.2. The van der Waals surface area contributed by atoms with Crippen LogP contribution in [-0.2, 0) is 14.8 Å². The standard InChI is InChI=1S/C17H20N4O4S/c1-12-6-5-9-18-16(12)20-15(22)11-19-17(23)13-7-4-8-14(10-13)26(24,25)21(2)3/h4-10H,11H2,1-3H3,(H,19,23)(H,18,20,22). The first-order valence-electron chi connectivity index (χ1n) is 7.74. The van der Waals surface area contributed by atoms with Gasteiger partial charge in [0.1, 0.15) is 5.82 Å². The lowest BCUT2D eigenvalue weighted by Gasteiger charge is -2.12. The topological polar surface area (TPSA) is 108 Å². The number of hydrogen-bond donors (Lipinski definition) is 2. The first-order chi connectivity index (χ1) is 12.2. The molecule has 26 heavy (non-hydrogen) atoms. The molecule has 0 spiro atoms. The Labute approximate surface area is 152 Å². The molecule has 2 rings (SSSR count). The second-order valence-corrected chi connectivity index (χ2v) is 7.87. The van der Waals surface area contributed by atoms with Crippen molar-refractivity contribution in [1.82, 2.24) is 14.6 Å². The van der Waals surface area contributed by atoms with Gasteiger partial charge in [-0.15, -0.1) is 0 Å². The molecule has 1 heterocycles. The Bertz CT molecular complexity index is 926. The molecule has 0 atom stereocenters. The maximum Gasteiger partial charge on any atom is 0.251 e. The molecule has 0 bridgehead atoms. The van der Waals surface area contributed by atoms with Crippen molar-refractivity contribution in [2.24, 2.45) is 0 Å². The van der Waals surface area contributed by atoms with Gasteiger partial charge in [-0.2, -0.15) is 0 Å². The summed E-state index contributed by atoms with van der Waals surface area (Å²) in [5.74, 6) is -0.559. The third-order valence-electron chi connectivity index (χ3n) is 3.55. The van der Waals surface area contributed by atoms with E-state index < -0.39 is 21.8 Å². The van der Waals surface area contributed by atoms with E-state index in [0.717, 1.165) is 9.87 Å². The van der Waals surface area contributed by atoms with Crippen LogP contribution >= 0.6 is 0 Å². The van der Waals surface area contributed by atoms with E-state index in [-0.39, 0.29) is 17.0 Å². The van der Waals surface area contributed by atoms with E-state index in [1.54, 1.807) is 25.3 Å². The molecule has 138 valence electrons. The van der Waals surface area contributed by atoms with Crippen LogP contribution in [0.25, 0.3) is 0 Å². The number of rotatable bonds is 6. The number of pyridine rings is 1. The van der Waals surface area contributed by atoms with Gasteiger partial charge < -0.3 is 10.6 Å². The van der Waals surface area contributed by atoms with Crippen molar-refractivity contribution in [3.8, 4) is 0 Å². The summed E-state index contributed by atoms with van der Waals surface area (Å²) in [4.78, 5) is 28.2. The van der Waals surface area contributed by atoms with E-state index >= 15 is 0 Å². The number of nitrogens with one attached hydrogen (secondary N) is 2. The van der Waals surface area contributed by atoms with Crippen LogP contribution in [0.4, 0.5) is 5.82 Å². The molecular weight excluding hydrogens is 356 g/mol. The Morgan fingerprint density at radius 2 is 1.88 bits per heavy atom. The van der Waals surface area contributed by atoms with Crippen LogP contribution < -0.4 is 10.6 Å². The summed E-state index contributed by atoms with van der Waals surface area (Å²) in [6.45, 7) is 1.54. The van der Waals surface area contributed by atoms with Gasteiger partial charge >= 0.3 is 0 Å². The quantitative estimate of drug-likeness (QED) is 0.782. The van der Waals surface area contributed by atoms with Crippen molar-refractivity contribution in [2.45, 2.75) is 11.8 Å². The molecule has 0 fully saturated rings. The van der Waals surface area contributed by atoms with Crippen LogP contribution in [0.3, 0.4) is 0 Å². The van der Waals surface area contributed by atoms with E-state index in [2.05, 4.69) is 15.6 Å². The Hall–Kier alpha value is -2.78. The van der Waals surface area contributed by atoms with Gasteiger partial charge in [0.15, 0.2) is 0 Å². The van der Waals surface area contributed by atoms with Crippen molar-refractivity contribution < 1.29 is 18.0 Å². The summed E-state index contributed by atoms with van der Waals surface area (Å²) in [6, 6.07) is 9.18. The molecule has 0 aliphatic carbocycles. The molecule has 2 amide bonds. The second kappa shape index (κ2) is 8.07. The van der Waals surface area contributed by atoms with E-state index in [4.69, 9.17) is 0 Å². The number of amides is 2. The molecule has 2 aromatic rings. The minimum absolute atomic E-state index is 0.00344. The molecule has 0 unspecified atom stereocenters. The zero-order chi connectivity index (χ0) is 19.3. The molecule has 1 aromatic carbocycles. The third-order valence-corrected chi connectivity index (χ3v) is 5.36. The van der Waals surface area contributed by atoms with E-state index in [1.165, 1.54) is 38.4 Å². The largest absolute Gasteiger partial charge is 0.343 e. The number of aryl methyl sites for hydroxylation is 1. The number of anilines is 1. The highest BCUT2D eigenvalue weighted by atomic mass is 32.2. The van der Waals surface area contributed by atoms with Crippen molar-refractivity contribution in [3.63, 3.8) is 0 Å². The lowest BCUT2D eigenvalue weighted by atomic mass is 10.2. The van der Waals surface area contributed by atoms with Gasteiger partial charge in [-0.3, -0.25) is 9.59 Å². The molecule has 0 aliphatic heterocycles. The van der Waals surface area contributed by atoms with E-state index in [9.17, 15) is 18.0 Å². The van der Waals surface area contributed by atoms with Gasteiger partial charge in [0.05, 0.1) is 11.4 Å². The number of hydrogen-bond acceptors (Lipinski definition) is 5. The molecule has 0 aliphatic rings. The molecule has 0 radical (unpaired) electrons. The van der Waals surface area contributed by atoms with Crippen molar-refractivity contribution in [2.75, 3.05) is 26.0 Å². The van der Waals surface area contributed by atoms with Gasteiger partial charge in [0, 0.05) is 25.9 Å². The van der Waals surface area contributed by atoms with Crippen LogP contribution in [0.2, 0.25) is 0 Å². The van der Waals surface area contributed by atoms with Gasteiger partial charge in [-0.25, -0.2) is 17.7 Å².